The van der Waals surface area contributed by atoms with Crippen molar-refractivity contribution in [3.05, 3.63) is 66.1 Å². The first-order valence-corrected chi connectivity index (χ1v) is 8.89. The van der Waals surface area contributed by atoms with E-state index in [4.69, 9.17) is 0 Å². The molecule has 0 amide bonds. The van der Waals surface area contributed by atoms with Crippen molar-refractivity contribution in [1.29, 1.82) is 0 Å². The van der Waals surface area contributed by atoms with Crippen LogP contribution in [-0.4, -0.2) is 0 Å². The maximum absolute atomic E-state index is 2.36. The minimum atomic E-state index is 1.17. The standard InChI is InChI=1S/C23H21/c1-2-5-16(6-3-1)15-20-12-11-19-10-9-17-7-4-8-18-13-14-21(20)23(19)22(17)18/h4,7-14H,1-3,5-6,15H2. The molecule has 4 aromatic carbocycles. The second kappa shape index (κ2) is 5.23. The summed E-state index contributed by atoms with van der Waals surface area (Å²) in [6.45, 7) is 0. The van der Waals surface area contributed by atoms with Crippen LogP contribution in [0.15, 0.2) is 54.6 Å². The molecule has 0 heterocycles. The Kier molecular flexibility index (Phi) is 3.04. The average Bonchev–Trinajstić information content (AvgIpc) is 2.62. The first-order valence-electron chi connectivity index (χ1n) is 8.89. The zero-order valence-corrected chi connectivity index (χ0v) is 13.4. The van der Waals surface area contributed by atoms with Gasteiger partial charge in [0.05, 0.1) is 0 Å². The molecular weight excluding hydrogens is 276 g/mol. The molecule has 5 rings (SSSR count). The molecule has 4 aromatic rings. The highest BCUT2D eigenvalue weighted by Crippen LogP contribution is 2.38. The second-order valence-corrected chi connectivity index (χ2v) is 7.07. The fraction of sp³-hybridized carbons (Fsp3) is 0.261. The van der Waals surface area contributed by atoms with Crippen molar-refractivity contribution in [2.75, 3.05) is 0 Å². The number of hydrogen-bond acceptors (Lipinski definition) is 0. The van der Waals surface area contributed by atoms with Crippen LogP contribution in [0.4, 0.5) is 0 Å². The van der Waals surface area contributed by atoms with Gasteiger partial charge in [-0.05, 0) is 63.1 Å². The first kappa shape index (κ1) is 13.4. The highest BCUT2D eigenvalue weighted by molar-refractivity contribution is 6.23. The maximum atomic E-state index is 2.36. The molecule has 0 saturated heterocycles. The van der Waals surface area contributed by atoms with Gasteiger partial charge in [-0.3, -0.25) is 0 Å². The van der Waals surface area contributed by atoms with Gasteiger partial charge in [0, 0.05) is 0 Å². The molecule has 0 heteroatoms. The Morgan fingerprint density at radius 1 is 0.609 bits per heavy atom. The van der Waals surface area contributed by atoms with Crippen molar-refractivity contribution in [3.63, 3.8) is 0 Å². The van der Waals surface area contributed by atoms with Crippen LogP contribution in [0.5, 0.6) is 0 Å². The minimum absolute atomic E-state index is 1.17. The summed E-state index contributed by atoms with van der Waals surface area (Å²) in [5.41, 5.74) is 1.52. The molecule has 0 atom stereocenters. The van der Waals surface area contributed by atoms with Gasteiger partial charge in [0.25, 0.3) is 0 Å². The van der Waals surface area contributed by atoms with Crippen LogP contribution < -0.4 is 0 Å². The molecule has 0 spiro atoms. The summed E-state index contributed by atoms with van der Waals surface area (Å²) in [6, 6.07) is 20.5. The van der Waals surface area contributed by atoms with Crippen LogP contribution in [0.2, 0.25) is 0 Å². The molecule has 1 radical (unpaired) electrons. The summed E-state index contributed by atoms with van der Waals surface area (Å²) in [5.74, 6) is 1.76. The molecule has 0 nitrogen and oxygen atoms in total. The third-order valence-electron chi connectivity index (χ3n) is 5.62. The van der Waals surface area contributed by atoms with E-state index in [1.54, 1.807) is 5.92 Å². The Hall–Kier alpha value is -2.08. The summed E-state index contributed by atoms with van der Waals surface area (Å²) >= 11 is 0. The summed E-state index contributed by atoms with van der Waals surface area (Å²) in [5, 5.41) is 8.48. The molecule has 1 aliphatic carbocycles. The Labute approximate surface area is 137 Å². The average molecular weight is 297 g/mol. The lowest BCUT2D eigenvalue weighted by molar-refractivity contribution is 0.521. The molecule has 0 aromatic heterocycles. The summed E-state index contributed by atoms with van der Waals surface area (Å²) in [4.78, 5) is 0. The highest BCUT2D eigenvalue weighted by atomic mass is 14.2. The SMILES string of the molecule is c1cc2ccc3ccc(C[C]4CCCCC4)c4ccc(c1)c2c34. The van der Waals surface area contributed by atoms with Gasteiger partial charge in [-0.15, -0.1) is 0 Å². The third-order valence-corrected chi connectivity index (χ3v) is 5.62. The normalized spacial score (nSPS) is 16.7. The highest BCUT2D eigenvalue weighted by Gasteiger charge is 2.17. The van der Waals surface area contributed by atoms with Gasteiger partial charge in [-0.2, -0.15) is 0 Å². The fourth-order valence-electron chi connectivity index (χ4n) is 4.45. The van der Waals surface area contributed by atoms with Crippen molar-refractivity contribution in [2.45, 2.75) is 38.5 Å². The van der Waals surface area contributed by atoms with E-state index < -0.39 is 0 Å². The molecule has 1 aliphatic rings. The van der Waals surface area contributed by atoms with E-state index in [0.717, 1.165) is 0 Å². The largest absolute Gasteiger partial charge is 0.0610 e. The molecular formula is C23H21. The Bertz CT molecular complexity index is 957. The predicted molar refractivity (Wildman–Crippen MR) is 100 cm³/mol. The monoisotopic (exact) mass is 297 g/mol. The minimum Gasteiger partial charge on any atom is -0.0610 e. The summed E-state index contributed by atoms with van der Waals surface area (Å²) < 4.78 is 0. The Morgan fingerprint density at radius 2 is 1.26 bits per heavy atom. The van der Waals surface area contributed by atoms with E-state index in [-0.39, 0.29) is 0 Å². The number of benzene rings is 4. The van der Waals surface area contributed by atoms with Gasteiger partial charge in [-0.25, -0.2) is 0 Å². The molecule has 113 valence electrons. The van der Waals surface area contributed by atoms with E-state index in [2.05, 4.69) is 54.6 Å². The van der Waals surface area contributed by atoms with Gasteiger partial charge >= 0.3 is 0 Å². The van der Waals surface area contributed by atoms with Crippen LogP contribution in [0.25, 0.3) is 32.3 Å². The van der Waals surface area contributed by atoms with Gasteiger partial charge in [0.2, 0.25) is 0 Å². The van der Waals surface area contributed by atoms with Crippen molar-refractivity contribution in [1.82, 2.24) is 0 Å². The van der Waals surface area contributed by atoms with Gasteiger partial charge < -0.3 is 0 Å². The summed E-state index contributed by atoms with van der Waals surface area (Å²) in [6.07, 6.45) is 8.04. The first-order chi connectivity index (χ1) is 11.4. The molecule has 0 N–H and O–H groups in total. The van der Waals surface area contributed by atoms with Crippen LogP contribution >= 0.6 is 0 Å². The van der Waals surface area contributed by atoms with Gasteiger partial charge in [-0.1, -0.05) is 73.9 Å². The Balaban J connectivity index is 1.74. The van der Waals surface area contributed by atoms with Crippen LogP contribution in [-0.2, 0) is 6.42 Å². The maximum Gasteiger partial charge on any atom is -0.00240 e. The zero-order chi connectivity index (χ0) is 15.2. The molecule has 1 fully saturated rings. The number of rotatable bonds is 2. The Morgan fingerprint density at radius 3 is 2.04 bits per heavy atom. The lowest BCUT2D eigenvalue weighted by Gasteiger charge is -2.22. The molecule has 0 bridgehead atoms. The van der Waals surface area contributed by atoms with Crippen LogP contribution in [0, 0.1) is 5.92 Å². The van der Waals surface area contributed by atoms with Crippen molar-refractivity contribution < 1.29 is 0 Å². The molecule has 0 aliphatic heterocycles. The second-order valence-electron chi connectivity index (χ2n) is 7.07. The van der Waals surface area contributed by atoms with Crippen LogP contribution in [0.3, 0.4) is 0 Å². The lowest BCUT2D eigenvalue weighted by atomic mass is 9.83. The molecule has 1 saturated carbocycles. The van der Waals surface area contributed by atoms with Gasteiger partial charge in [0.15, 0.2) is 0 Å². The van der Waals surface area contributed by atoms with E-state index in [0.29, 0.717) is 0 Å². The fourth-order valence-corrected chi connectivity index (χ4v) is 4.45. The molecule has 0 unspecified atom stereocenters. The van der Waals surface area contributed by atoms with Crippen molar-refractivity contribution in [3.8, 4) is 0 Å². The van der Waals surface area contributed by atoms with Crippen molar-refractivity contribution in [2.24, 2.45) is 0 Å². The van der Waals surface area contributed by atoms with E-state index in [1.807, 2.05) is 0 Å². The predicted octanol–water partition coefficient (Wildman–Crippen LogP) is 6.67. The zero-order valence-electron chi connectivity index (χ0n) is 13.4. The van der Waals surface area contributed by atoms with Gasteiger partial charge in [0.1, 0.15) is 0 Å². The summed E-state index contributed by atoms with van der Waals surface area (Å²) in [7, 11) is 0. The van der Waals surface area contributed by atoms with E-state index in [9.17, 15) is 0 Å². The third kappa shape index (κ3) is 2.12. The van der Waals surface area contributed by atoms with Crippen molar-refractivity contribution >= 4 is 32.3 Å². The van der Waals surface area contributed by atoms with Crippen LogP contribution in [0.1, 0.15) is 37.7 Å². The topological polar surface area (TPSA) is 0 Å². The smallest absolute Gasteiger partial charge is 0.00240 e. The quantitative estimate of drug-likeness (QED) is 0.363. The van der Waals surface area contributed by atoms with E-state index in [1.165, 1.54) is 76.4 Å². The lowest BCUT2D eigenvalue weighted by Crippen LogP contribution is -2.07. The van der Waals surface area contributed by atoms with E-state index >= 15 is 0 Å². The molecule has 23 heavy (non-hydrogen) atoms. The number of hydrogen-bond donors (Lipinski definition) is 0.